The summed E-state index contributed by atoms with van der Waals surface area (Å²) in [4.78, 5) is 60.9. The molecule has 5 rings (SSSR count). The molecule has 3 aromatic rings. The van der Waals surface area contributed by atoms with E-state index < -0.39 is 34.5 Å². The summed E-state index contributed by atoms with van der Waals surface area (Å²) in [6.45, 7) is 7.94. The molecule has 208 valence electrons. The summed E-state index contributed by atoms with van der Waals surface area (Å²) in [6, 6.07) is 4.70. The number of aromatic nitrogens is 3. The first kappa shape index (κ1) is 27.2. The smallest absolute Gasteiger partial charge is 0.271 e. The zero-order valence-electron chi connectivity index (χ0n) is 22.8. The van der Waals surface area contributed by atoms with Gasteiger partial charge in [0.1, 0.15) is 23.3 Å². The van der Waals surface area contributed by atoms with Gasteiger partial charge in [-0.3, -0.25) is 24.2 Å². The highest BCUT2D eigenvalue weighted by atomic mass is 19.1. The van der Waals surface area contributed by atoms with Crippen LogP contribution in [-0.4, -0.2) is 63.1 Å². The molecule has 2 aliphatic rings. The van der Waals surface area contributed by atoms with E-state index in [1.807, 2.05) is 24.8 Å². The maximum Gasteiger partial charge on any atom is 0.271 e. The minimum Gasteiger partial charge on any atom is -0.365 e. The van der Waals surface area contributed by atoms with Crippen LogP contribution in [0.25, 0.3) is 10.9 Å². The summed E-state index contributed by atoms with van der Waals surface area (Å²) in [5, 5.41) is 10.2. The number of Topliss-reactive ketones (excluding diaryl/α,β-unsaturated/α-hetero) is 3. The van der Waals surface area contributed by atoms with Gasteiger partial charge in [0.2, 0.25) is 0 Å². The van der Waals surface area contributed by atoms with Gasteiger partial charge in [0, 0.05) is 42.1 Å². The number of piperazine rings is 1. The van der Waals surface area contributed by atoms with E-state index in [1.165, 1.54) is 6.20 Å². The zero-order valence-corrected chi connectivity index (χ0v) is 22.8. The van der Waals surface area contributed by atoms with Gasteiger partial charge in [-0.2, -0.15) is 0 Å². The average molecular weight is 548 g/mol. The molecule has 3 heterocycles. The Labute approximate surface area is 229 Å². The third-order valence-electron chi connectivity index (χ3n) is 7.21. The third kappa shape index (κ3) is 5.38. The molecule has 0 atom stereocenters. The summed E-state index contributed by atoms with van der Waals surface area (Å²) in [5.41, 5.74) is 1.51. The first-order valence-electron chi connectivity index (χ1n) is 13.2. The number of rotatable bonds is 8. The van der Waals surface area contributed by atoms with Crippen molar-refractivity contribution in [1.29, 1.82) is 0 Å². The number of pyridine rings is 1. The second kappa shape index (κ2) is 10.7. The molecule has 1 aromatic carbocycles. The molecule has 1 aliphatic carbocycles. The molecule has 0 amide bonds. The molecule has 0 bridgehead atoms. The first-order chi connectivity index (χ1) is 19.0. The highest BCUT2D eigenvalue weighted by Gasteiger charge is 2.34. The van der Waals surface area contributed by atoms with E-state index in [2.05, 4.69) is 20.3 Å². The highest BCUT2D eigenvalue weighted by molar-refractivity contribution is 6.23. The van der Waals surface area contributed by atoms with E-state index in [0.717, 1.165) is 44.1 Å². The first-order valence-corrected chi connectivity index (χ1v) is 13.2. The minimum absolute atomic E-state index is 0.0470. The van der Waals surface area contributed by atoms with E-state index in [1.54, 1.807) is 15.6 Å². The molecule has 0 unspecified atom stereocenters. The third-order valence-corrected chi connectivity index (χ3v) is 7.21. The number of ketones is 3. The predicted molar refractivity (Wildman–Crippen MR) is 145 cm³/mol. The second-order valence-corrected chi connectivity index (χ2v) is 10.4. The number of hydrogen-bond donors (Lipinski definition) is 0. The summed E-state index contributed by atoms with van der Waals surface area (Å²) < 4.78 is 17.3. The molecule has 11 nitrogen and oxygen atoms in total. The molecule has 40 heavy (non-hydrogen) atoms. The van der Waals surface area contributed by atoms with Gasteiger partial charge in [0.25, 0.3) is 5.95 Å². The normalized spacial score (nSPS) is 15.8. The minimum atomic E-state index is -1.54. The van der Waals surface area contributed by atoms with E-state index in [4.69, 9.17) is 0 Å². The fourth-order valence-corrected chi connectivity index (χ4v) is 5.12. The van der Waals surface area contributed by atoms with Gasteiger partial charge in [-0.15, -0.1) is 0 Å². The van der Waals surface area contributed by atoms with Crippen LogP contribution < -0.4 is 10.3 Å². The van der Waals surface area contributed by atoms with Crippen LogP contribution >= 0.6 is 0 Å². The van der Waals surface area contributed by atoms with E-state index in [9.17, 15) is 19.2 Å². The van der Waals surface area contributed by atoms with Crippen LogP contribution in [0, 0.1) is 25.6 Å². The Hall–Kier alpha value is -4.35. The van der Waals surface area contributed by atoms with Crippen molar-refractivity contribution in [2.75, 3.05) is 31.1 Å². The molecule has 0 spiro atoms. The van der Waals surface area contributed by atoms with Crippen molar-refractivity contribution in [1.82, 2.24) is 19.5 Å². The monoisotopic (exact) mass is 547 g/mol. The summed E-state index contributed by atoms with van der Waals surface area (Å²) in [5.74, 6) is -3.95. The van der Waals surface area contributed by atoms with Gasteiger partial charge >= 0.3 is 0 Å². The van der Waals surface area contributed by atoms with Crippen LogP contribution in [0.1, 0.15) is 54.5 Å². The van der Waals surface area contributed by atoms with Crippen LogP contribution in [0.3, 0.4) is 0 Å². The summed E-state index contributed by atoms with van der Waals surface area (Å²) in [6.07, 6.45) is 3.11. The van der Waals surface area contributed by atoms with Gasteiger partial charge in [-0.05, 0) is 58.7 Å². The van der Waals surface area contributed by atoms with Crippen molar-refractivity contribution in [3.8, 4) is 0 Å². The molecule has 1 saturated heterocycles. The van der Waals surface area contributed by atoms with Crippen molar-refractivity contribution in [3.05, 3.63) is 57.4 Å². The molecular formula is C28H30FN7O4. The topological polar surface area (TPSA) is 130 Å². The van der Waals surface area contributed by atoms with E-state index in [0.29, 0.717) is 37.4 Å². The summed E-state index contributed by atoms with van der Waals surface area (Å²) >= 11 is 0. The zero-order chi connectivity index (χ0) is 28.7. The molecule has 2 aromatic heterocycles. The van der Waals surface area contributed by atoms with Gasteiger partial charge in [-0.25, -0.2) is 14.4 Å². The lowest BCUT2D eigenvalue weighted by molar-refractivity contribution is -0.128. The largest absolute Gasteiger partial charge is 0.365 e. The number of nitrogens with zero attached hydrogens (tertiary/aromatic N) is 7. The lowest BCUT2D eigenvalue weighted by atomic mass is 9.91. The van der Waals surface area contributed by atoms with Gasteiger partial charge in [-0.1, -0.05) is 10.3 Å². The Morgan fingerprint density at radius 3 is 2.17 bits per heavy atom. The van der Waals surface area contributed by atoms with E-state index in [-0.39, 0.29) is 22.9 Å². The molecule has 1 aliphatic heterocycles. The summed E-state index contributed by atoms with van der Waals surface area (Å²) in [7, 11) is 0. The molecule has 0 N–H and O–H groups in total. The number of benzene rings is 1. The number of anilines is 1. The molecule has 1 saturated carbocycles. The number of aryl methyl sites for hydroxylation is 2. The molecule has 12 heteroatoms. The number of carbonyl (C=O) groups excluding carboxylic acids is 3. The van der Waals surface area contributed by atoms with Crippen molar-refractivity contribution in [2.24, 2.45) is 16.3 Å². The Balaban J connectivity index is 1.43. The number of fused-ring (bicyclic) bond motifs is 1. The Kier molecular flexibility index (Phi) is 7.26. The maximum atomic E-state index is 15.5. The van der Waals surface area contributed by atoms with Gasteiger partial charge < -0.3 is 9.47 Å². The molecular weight excluding hydrogens is 517 g/mol. The Morgan fingerprint density at radius 2 is 1.60 bits per heavy atom. The van der Waals surface area contributed by atoms with Crippen LogP contribution in [0.4, 0.5) is 16.0 Å². The average Bonchev–Trinajstić information content (AvgIpc) is 3.72. The highest BCUT2D eigenvalue weighted by Crippen LogP contribution is 2.38. The number of hydrogen-bond acceptors (Lipinski definition) is 9. The lowest BCUT2D eigenvalue weighted by Crippen LogP contribution is -2.44. The van der Waals surface area contributed by atoms with Crippen LogP contribution in [0.2, 0.25) is 0 Å². The molecule has 0 radical (unpaired) electrons. The maximum absolute atomic E-state index is 15.5. The van der Waals surface area contributed by atoms with E-state index >= 15 is 4.39 Å². The van der Waals surface area contributed by atoms with Crippen molar-refractivity contribution >= 4 is 39.9 Å². The van der Waals surface area contributed by atoms with Gasteiger partial charge in [0.05, 0.1) is 29.9 Å². The molecule has 2 fully saturated rings. The van der Waals surface area contributed by atoms with Crippen molar-refractivity contribution in [3.63, 3.8) is 0 Å². The fourth-order valence-electron chi connectivity index (χ4n) is 5.12. The Bertz CT molecular complexity index is 1590. The quantitative estimate of drug-likeness (QED) is 0.237. The lowest BCUT2D eigenvalue weighted by Gasteiger charge is -2.34. The standard InChI is InChI=1S/C28H30FN7O4/c1-15-11-16(2)31-28(30-15)32-33-35-9-7-34(8-10-35)24-13-23-20(12-22(24)29)26(39)21(14-36(23)19-5-6-19)27(40)25(17(3)37)18(4)38/h11-14,19,25H,5-10H2,1-4H3/b33-32+. The van der Waals surface area contributed by atoms with Crippen LogP contribution in [0.5, 0.6) is 0 Å². The van der Waals surface area contributed by atoms with Crippen LogP contribution in [-0.2, 0) is 9.59 Å². The number of halogens is 1. The SMILES string of the molecule is CC(=O)C(C(C)=O)C(=O)c1cn(C2CC2)c2cc(N3CCN(/N=N/c4nc(C)cc(C)n4)CC3)c(F)cc2c1=O. The van der Waals surface area contributed by atoms with Crippen molar-refractivity contribution < 1.29 is 18.8 Å². The predicted octanol–water partition coefficient (Wildman–Crippen LogP) is 3.68. The van der Waals surface area contributed by atoms with Crippen molar-refractivity contribution in [2.45, 2.75) is 46.6 Å². The second-order valence-electron chi connectivity index (χ2n) is 10.4. The Morgan fingerprint density at radius 1 is 0.975 bits per heavy atom. The fraction of sp³-hybridized carbons (Fsp3) is 0.429. The van der Waals surface area contributed by atoms with Gasteiger partial charge in [0.15, 0.2) is 11.2 Å². The number of carbonyl (C=O) groups is 3. The van der Waals surface area contributed by atoms with Crippen LogP contribution in [0.15, 0.2) is 39.5 Å².